The molecule has 1 aliphatic rings. The van der Waals surface area contributed by atoms with Crippen LogP contribution in [-0.4, -0.2) is 43.7 Å². The van der Waals surface area contributed by atoms with E-state index in [-0.39, 0.29) is 5.91 Å². The minimum atomic E-state index is -0.118. The van der Waals surface area contributed by atoms with Crippen molar-refractivity contribution in [1.29, 1.82) is 0 Å². The summed E-state index contributed by atoms with van der Waals surface area (Å²) in [6, 6.07) is 15.3. The van der Waals surface area contributed by atoms with Crippen LogP contribution in [0.2, 0.25) is 0 Å². The predicted octanol–water partition coefficient (Wildman–Crippen LogP) is 4.75. The van der Waals surface area contributed by atoms with Crippen LogP contribution in [0.1, 0.15) is 25.8 Å². The number of hydrogen-bond acceptors (Lipinski definition) is 7. The summed E-state index contributed by atoms with van der Waals surface area (Å²) >= 11 is 0. The molecule has 5 N–H and O–H groups in total. The van der Waals surface area contributed by atoms with Gasteiger partial charge in [-0.15, -0.1) is 0 Å². The molecule has 5 aromatic rings. The van der Waals surface area contributed by atoms with Gasteiger partial charge < -0.3 is 26.1 Å². The molecule has 0 spiro atoms. The molecule has 0 bridgehead atoms. The maximum Gasteiger partial charge on any atom is 0.221 e. The molecule has 10 nitrogen and oxygen atoms in total. The number of anilines is 2. The molecule has 3 aromatic heterocycles. The first-order valence-corrected chi connectivity index (χ1v) is 12.6. The Morgan fingerprint density at radius 2 is 1.84 bits per heavy atom. The number of nitrogens with one attached hydrogen (secondary N) is 3. The summed E-state index contributed by atoms with van der Waals surface area (Å²) in [5, 5.41) is 10.7. The number of fused-ring (bicyclic) bond motifs is 1. The van der Waals surface area contributed by atoms with Crippen molar-refractivity contribution in [3.05, 3.63) is 67.1 Å². The van der Waals surface area contributed by atoms with Crippen LogP contribution in [0.5, 0.6) is 11.5 Å². The van der Waals surface area contributed by atoms with Crippen LogP contribution in [0.4, 0.5) is 11.5 Å². The number of carbonyl (C=O) groups is 1. The molecule has 6 rings (SSSR count). The zero-order valence-electron chi connectivity index (χ0n) is 20.9. The fraction of sp³-hybridized carbons (Fsp3) is 0.214. The van der Waals surface area contributed by atoms with Crippen molar-refractivity contribution in [2.24, 2.45) is 0 Å². The summed E-state index contributed by atoms with van der Waals surface area (Å²) in [6.07, 6.45) is 7.87. The van der Waals surface area contributed by atoms with Crippen LogP contribution >= 0.6 is 0 Å². The molecule has 1 amide bonds. The molecule has 0 radical (unpaired) electrons. The van der Waals surface area contributed by atoms with Gasteiger partial charge in [-0.05, 0) is 68.4 Å². The lowest BCUT2D eigenvalue weighted by Crippen LogP contribution is -2.29. The number of carbonyl (C=O) groups excluding carboxylic acids is 1. The Morgan fingerprint density at radius 3 is 2.63 bits per heavy atom. The number of rotatable bonds is 6. The van der Waals surface area contributed by atoms with E-state index in [1.165, 1.54) is 6.92 Å². The summed E-state index contributed by atoms with van der Waals surface area (Å²) in [4.78, 5) is 23.8. The third kappa shape index (κ3) is 4.94. The monoisotopic (exact) mass is 508 g/mol. The molecule has 1 aliphatic heterocycles. The van der Waals surface area contributed by atoms with E-state index >= 15 is 0 Å². The van der Waals surface area contributed by atoms with Crippen LogP contribution in [-0.2, 0) is 4.79 Å². The first kappa shape index (κ1) is 23.7. The van der Waals surface area contributed by atoms with E-state index in [4.69, 9.17) is 15.5 Å². The standard InChI is InChI=1S/C28H28N8O2/c1-17(37)33-20-2-4-22(5-3-20)38-23-6-7-25-26(13-23)35-28(34-25)24-12-18(14-31-27(24)29)19-15-32-36(16-19)21-8-10-30-11-9-21/h2-7,12-16,21,30H,8-11H2,1H3,(H2,29,31)(H,33,37)(H,34,35). The van der Waals surface area contributed by atoms with Gasteiger partial charge in [0.15, 0.2) is 0 Å². The third-order valence-electron chi connectivity index (χ3n) is 6.66. The normalized spacial score (nSPS) is 14.0. The Hall–Kier alpha value is -4.70. The lowest BCUT2D eigenvalue weighted by Gasteiger charge is -2.22. The van der Waals surface area contributed by atoms with Gasteiger partial charge in [-0.25, -0.2) is 9.97 Å². The number of piperidine rings is 1. The number of H-pyrrole nitrogens is 1. The van der Waals surface area contributed by atoms with Crippen LogP contribution in [0.15, 0.2) is 67.1 Å². The van der Waals surface area contributed by atoms with Gasteiger partial charge in [0.25, 0.3) is 0 Å². The number of pyridine rings is 1. The van der Waals surface area contributed by atoms with Crippen molar-refractivity contribution >= 4 is 28.4 Å². The first-order chi connectivity index (χ1) is 18.5. The van der Waals surface area contributed by atoms with Crippen molar-refractivity contribution < 1.29 is 9.53 Å². The third-order valence-corrected chi connectivity index (χ3v) is 6.66. The van der Waals surface area contributed by atoms with Gasteiger partial charge in [-0.2, -0.15) is 5.10 Å². The summed E-state index contributed by atoms with van der Waals surface area (Å²) in [7, 11) is 0. The van der Waals surface area contributed by atoms with Gasteiger partial charge in [0.2, 0.25) is 5.91 Å². The number of hydrogen-bond donors (Lipinski definition) is 4. The Labute approximate surface area is 219 Å². The molecule has 2 aromatic carbocycles. The number of imidazole rings is 1. The topological polar surface area (TPSA) is 136 Å². The zero-order valence-corrected chi connectivity index (χ0v) is 20.9. The van der Waals surface area contributed by atoms with Gasteiger partial charge in [0, 0.05) is 42.2 Å². The second kappa shape index (κ2) is 9.98. The van der Waals surface area contributed by atoms with Gasteiger partial charge >= 0.3 is 0 Å². The number of amides is 1. The quantitative estimate of drug-likeness (QED) is 0.260. The molecule has 0 atom stereocenters. The van der Waals surface area contributed by atoms with Crippen LogP contribution in [0.3, 0.4) is 0 Å². The van der Waals surface area contributed by atoms with Gasteiger partial charge in [-0.3, -0.25) is 9.48 Å². The Morgan fingerprint density at radius 1 is 1.05 bits per heavy atom. The Balaban J connectivity index is 1.24. The number of nitrogens with two attached hydrogens (primary N) is 1. The predicted molar refractivity (Wildman–Crippen MR) is 147 cm³/mol. The lowest BCUT2D eigenvalue weighted by molar-refractivity contribution is -0.114. The van der Waals surface area contributed by atoms with Crippen LogP contribution in [0.25, 0.3) is 33.5 Å². The highest BCUT2D eigenvalue weighted by atomic mass is 16.5. The van der Waals surface area contributed by atoms with E-state index in [2.05, 4.69) is 36.6 Å². The van der Waals surface area contributed by atoms with Crippen molar-refractivity contribution in [3.8, 4) is 34.0 Å². The fourth-order valence-electron chi connectivity index (χ4n) is 4.71. The molecule has 0 aliphatic carbocycles. The average Bonchev–Trinajstić information content (AvgIpc) is 3.58. The van der Waals surface area contributed by atoms with Crippen LogP contribution < -0.4 is 21.1 Å². The van der Waals surface area contributed by atoms with E-state index in [0.717, 1.165) is 53.7 Å². The highest BCUT2D eigenvalue weighted by molar-refractivity contribution is 5.88. The van der Waals surface area contributed by atoms with Gasteiger partial charge in [0.05, 0.1) is 28.8 Å². The maximum absolute atomic E-state index is 11.2. The fourth-order valence-corrected chi connectivity index (χ4v) is 4.71. The number of nitrogens with zero attached hydrogens (tertiary/aromatic N) is 4. The SMILES string of the molecule is CC(=O)Nc1ccc(Oc2ccc3nc(-c4cc(-c5cnn(C6CCNCC6)c5)cnc4N)[nH]c3c2)cc1. The van der Waals surface area contributed by atoms with E-state index in [9.17, 15) is 4.79 Å². The van der Waals surface area contributed by atoms with Crippen molar-refractivity contribution in [2.45, 2.75) is 25.8 Å². The molecule has 10 heteroatoms. The van der Waals surface area contributed by atoms with Crippen molar-refractivity contribution in [1.82, 2.24) is 30.0 Å². The summed E-state index contributed by atoms with van der Waals surface area (Å²) < 4.78 is 8.06. The van der Waals surface area contributed by atoms with Crippen LogP contribution in [0, 0.1) is 0 Å². The number of aromatic amines is 1. The highest BCUT2D eigenvalue weighted by Crippen LogP contribution is 2.32. The van der Waals surface area contributed by atoms with Crippen molar-refractivity contribution in [2.75, 3.05) is 24.1 Å². The number of aromatic nitrogens is 5. The van der Waals surface area contributed by atoms with E-state index in [0.29, 0.717) is 34.9 Å². The number of nitrogen functional groups attached to an aromatic ring is 1. The molecule has 0 unspecified atom stereocenters. The van der Waals surface area contributed by atoms with E-state index < -0.39 is 0 Å². The smallest absolute Gasteiger partial charge is 0.221 e. The zero-order chi connectivity index (χ0) is 26.1. The number of ether oxygens (including phenoxy) is 1. The maximum atomic E-state index is 11.2. The minimum Gasteiger partial charge on any atom is -0.457 e. The average molecular weight is 509 g/mol. The van der Waals surface area contributed by atoms with Gasteiger partial charge in [-0.1, -0.05) is 0 Å². The van der Waals surface area contributed by atoms with E-state index in [1.54, 1.807) is 30.5 Å². The second-order valence-electron chi connectivity index (χ2n) is 9.42. The molecule has 1 fully saturated rings. The summed E-state index contributed by atoms with van der Waals surface area (Å²) in [5.74, 6) is 2.23. The highest BCUT2D eigenvalue weighted by Gasteiger charge is 2.17. The number of benzene rings is 2. The van der Waals surface area contributed by atoms with Crippen molar-refractivity contribution in [3.63, 3.8) is 0 Å². The summed E-state index contributed by atoms with van der Waals surface area (Å²) in [6.45, 7) is 3.50. The largest absolute Gasteiger partial charge is 0.457 e. The molecule has 1 saturated heterocycles. The molecule has 0 saturated carbocycles. The molecule has 4 heterocycles. The van der Waals surface area contributed by atoms with E-state index in [1.807, 2.05) is 30.5 Å². The van der Waals surface area contributed by atoms with Gasteiger partial charge in [0.1, 0.15) is 23.1 Å². The first-order valence-electron chi connectivity index (χ1n) is 12.6. The Kier molecular flexibility index (Phi) is 6.22. The molecular weight excluding hydrogens is 480 g/mol. The Bertz CT molecular complexity index is 1600. The molecule has 192 valence electrons. The summed E-state index contributed by atoms with van der Waals surface area (Å²) in [5.41, 5.74) is 11.2. The molecule has 38 heavy (non-hydrogen) atoms. The molecular formula is C28H28N8O2. The lowest BCUT2D eigenvalue weighted by atomic mass is 10.1. The second-order valence-corrected chi connectivity index (χ2v) is 9.42. The minimum absolute atomic E-state index is 0.118.